The van der Waals surface area contributed by atoms with E-state index in [1.165, 1.54) is 24.3 Å². The topological polar surface area (TPSA) is 66.5 Å². The summed E-state index contributed by atoms with van der Waals surface area (Å²) in [7, 11) is -3.74. The highest BCUT2D eigenvalue weighted by Crippen LogP contribution is 2.32. The highest BCUT2D eigenvalue weighted by molar-refractivity contribution is 7.92. The fourth-order valence-electron chi connectivity index (χ4n) is 2.45. The van der Waals surface area contributed by atoms with Crippen molar-refractivity contribution < 1.29 is 17.6 Å². The van der Waals surface area contributed by atoms with Crippen molar-refractivity contribution in [3.05, 3.63) is 58.4 Å². The van der Waals surface area contributed by atoms with Crippen molar-refractivity contribution in [3.8, 4) is 0 Å². The summed E-state index contributed by atoms with van der Waals surface area (Å²) in [6.45, 7) is 3.12. The molecule has 2 rings (SSSR count). The molecule has 2 aromatic rings. The third kappa shape index (κ3) is 4.93. The highest BCUT2D eigenvalue weighted by atomic mass is 35.5. The third-order valence-corrected chi connectivity index (χ3v) is 4.86. The molecule has 0 bridgehead atoms. The summed E-state index contributed by atoms with van der Waals surface area (Å²) in [5, 5.41) is 2.78. The lowest BCUT2D eigenvalue weighted by atomic mass is 10.1. The van der Waals surface area contributed by atoms with Crippen LogP contribution >= 0.6 is 11.6 Å². The zero-order chi connectivity index (χ0) is 18.8. The molecule has 0 fully saturated rings. The van der Waals surface area contributed by atoms with Gasteiger partial charge in [0.1, 0.15) is 12.4 Å². The molecule has 0 saturated heterocycles. The molecular formula is C17H18ClFN2O3S. The maximum Gasteiger partial charge on any atom is 0.245 e. The number of anilines is 2. The first kappa shape index (κ1) is 19.2. The summed E-state index contributed by atoms with van der Waals surface area (Å²) in [6.07, 6.45) is 1.01. The average Bonchev–Trinajstić information content (AvgIpc) is 2.46. The van der Waals surface area contributed by atoms with Crippen LogP contribution in [0.25, 0.3) is 0 Å². The van der Waals surface area contributed by atoms with Crippen LogP contribution in [0.3, 0.4) is 0 Å². The Balaban J connectivity index is 2.31. The molecule has 1 N–H and O–H groups in total. The predicted molar refractivity (Wildman–Crippen MR) is 98.1 cm³/mol. The van der Waals surface area contributed by atoms with Gasteiger partial charge in [0.15, 0.2) is 0 Å². The van der Waals surface area contributed by atoms with Gasteiger partial charge in [-0.1, -0.05) is 17.7 Å². The summed E-state index contributed by atoms with van der Waals surface area (Å²) in [5.41, 5.74) is 2.16. The number of nitrogens with zero attached hydrogens (tertiary/aromatic N) is 1. The Kier molecular flexibility index (Phi) is 5.69. The van der Waals surface area contributed by atoms with Gasteiger partial charge in [-0.3, -0.25) is 9.10 Å². The van der Waals surface area contributed by atoms with Crippen LogP contribution in [0.5, 0.6) is 0 Å². The molecule has 0 saturated carbocycles. The molecule has 0 spiro atoms. The molecular weight excluding hydrogens is 367 g/mol. The Hall–Kier alpha value is -2.12. The summed E-state index contributed by atoms with van der Waals surface area (Å²) in [4.78, 5) is 12.3. The predicted octanol–water partition coefficient (Wildman–Crippen LogP) is 3.50. The van der Waals surface area contributed by atoms with Gasteiger partial charge in [-0.2, -0.15) is 0 Å². The number of sulfonamides is 1. The SMILES string of the molecule is Cc1cc(C)c(N(CC(=O)Nc2ccc(F)cc2)S(C)(=O)=O)c(Cl)c1. The van der Waals surface area contributed by atoms with Crippen LogP contribution in [0.15, 0.2) is 36.4 Å². The number of halogens is 2. The molecule has 0 aromatic heterocycles. The number of rotatable bonds is 5. The fourth-order valence-corrected chi connectivity index (χ4v) is 3.85. The van der Waals surface area contributed by atoms with Gasteiger partial charge in [0, 0.05) is 5.69 Å². The van der Waals surface area contributed by atoms with E-state index in [-0.39, 0.29) is 10.7 Å². The van der Waals surface area contributed by atoms with Gasteiger partial charge >= 0.3 is 0 Å². The number of hydrogen-bond donors (Lipinski definition) is 1. The second kappa shape index (κ2) is 7.41. The maximum absolute atomic E-state index is 12.9. The third-order valence-electron chi connectivity index (χ3n) is 3.46. The Bertz CT molecular complexity index is 876. The lowest BCUT2D eigenvalue weighted by Gasteiger charge is -2.25. The second-order valence-electron chi connectivity index (χ2n) is 5.74. The van der Waals surface area contributed by atoms with Gasteiger partial charge in [0.25, 0.3) is 0 Å². The van der Waals surface area contributed by atoms with Gasteiger partial charge in [-0.15, -0.1) is 0 Å². The van der Waals surface area contributed by atoms with Crippen LogP contribution in [-0.2, 0) is 14.8 Å². The lowest BCUT2D eigenvalue weighted by Crippen LogP contribution is -2.38. The Morgan fingerprint density at radius 1 is 1.20 bits per heavy atom. The first-order chi connectivity index (χ1) is 11.6. The zero-order valence-corrected chi connectivity index (χ0v) is 15.6. The minimum Gasteiger partial charge on any atom is -0.325 e. The molecule has 0 aliphatic rings. The van der Waals surface area contributed by atoms with E-state index in [0.29, 0.717) is 11.3 Å². The van der Waals surface area contributed by atoms with Crippen molar-refractivity contribution in [2.75, 3.05) is 22.4 Å². The van der Waals surface area contributed by atoms with Crippen LogP contribution in [0.4, 0.5) is 15.8 Å². The van der Waals surface area contributed by atoms with Crippen molar-refractivity contribution in [2.24, 2.45) is 0 Å². The van der Waals surface area contributed by atoms with E-state index >= 15 is 0 Å². The van der Waals surface area contributed by atoms with E-state index in [1.807, 2.05) is 6.92 Å². The molecule has 0 heterocycles. The number of carbonyl (C=O) groups is 1. The molecule has 5 nitrogen and oxygen atoms in total. The molecule has 1 amide bonds. The number of aryl methyl sites for hydroxylation is 2. The summed E-state index contributed by atoms with van der Waals surface area (Å²) < 4.78 is 38.3. The van der Waals surface area contributed by atoms with Crippen LogP contribution in [0.2, 0.25) is 5.02 Å². The monoisotopic (exact) mass is 384 g/mol. The second-order valence-corrected chi connectivity index (χ2v) is 8.05. The fraction of sp³-hybridized carbons (Fsp3) is 0.235. The molecule has 0 unspecified atom stereocenters. The highest BCUT2D eigenvalue weighted by Gasteiger charge is 2.25. The number of hydrogen-bond acceptors (Lipinski definition) is 3. The number of amides is 1. The quantitative estimate of drug-likeness (QED) is 0.857. The van der Waals surface area contributed by atoms with Gasteiger partial charge < -0.3 is 5.32 Å². The van der Waals surface area contributed by atoms with Gasteiger partial charge in [-0.05, 0) is 55.3 Å². The number of nitrogens with one attached hydrogen (secondary N) is 1. The van der Waals surface area contributed by atoms with E-state index in [9.17, 15) is 17.6 Å². The van der Waals surface area contributed by atoms with E-state index in [2.05, 4.69) is 5.32 Å². The summed E-state index contributed by atoms with van der Waals surface area (Å²) >= 11 is 6.22. The van der Waals surface area contributed by atoms with Gasteiger partial charge in [-0.25, -0.2) is 12.8 Å². The van der Waals surface area contributed by atoms with Gasteiger partial charge in [0.05, 0.1) is 17.0 Å². The van der Waals surface area contributed by atoms with Crippen LogP contribution < -0.4 is 9.62 Å². The smallest absolute Gasteiger partial charge is 0.245 e. The molecule has 8 heteroatoms. The minimum absolute atomic E-state index is 0.248. The molecule has 0 aliphatic carbocycles. The maximum atomic E-state index is 12.9. The first-order valence-corrected chi connectivity index (χ1v) is 9.60. The largest absolute Gasteiger partial charge is 0.325 e. The van der Waals surface area contributed by atoms with E-state index in [1.54, 1.807) is 19.1 Å². The summed E-state index contributed by atoms with van der Waals surface area (Å²) in [6, 6.07) is 8.61. The van der Waals surface area contributed by atoms with Crippen molar-refractivity contribution in [2.45, 2.75) is 13.8 Å². The molecule has 134 valence electrons. The molecule has 2 aromatic carbocycles. The normalized spacial score (nSPS) is 11.2. The summed E-state index contributed by atoms with van der Waals surface area (Å²) in [5.74, 6) is -0.995. The van der Waals surface area contributed by atoms with Crippen molar-refractivity contribution in [3.63, 3.8) is 0 Å². The Morgan fingerprint density at radius 2 is 1.80 bits per heavy atom. The van der Waals surface area contributed by atoms with E-state index in [4.69, 9.17) is 11.6 Å². The molecule has 0 aliphatic heterocycles. The van der Waals surface area contributed by atoms with Crippen LogP contribution in [0.1, 0.15) is 11.1 Å². The first-order valence-electron chi connectivity index (χ1n) is 7.38. The van der Waals surface area contributed by atoms with E-state index < -0.39 is 28.3 Å². The van der Waals surface area contributed by atoms with Crippen LogP contribution in [-0.4, -0.2) is 27.1 Å². The van der Waals surface area contributed by atoms with E-state index in [0.717, 1.165) is 16.1 Å². The minimum atomic E-state index is -3.74. The zero-order valence-electron chi connectivity index (χ0n) is 14.0. The molecule has 0 atom stereocenters. The van der Waals surface area contributed by atoms with Crippen molar-refractivity contribution in [1.29, 1.82) is 0 Å². The molecule has 0 radical (unpaired) electrons. The Morgan fingerprint density at radius 3 is 2.32 bits per heavy atom. The standard InChI is InChI=1S/C17H18ClFN2O3S/c1-11-8-12(2)17(15(18)9-11)21(25(3,23)24)10-16(22)20-14-6-4-13(19)5-7-14/h4-9H,10H2,1-3H3,(H,20,22). The van der Waals surface area contributed by atoms with Crippen LogP contribution in [0, 0.1) is 19.7 Å². The van der Waals surface area contributed by atoms with Crippen molar-refractivity contribution >= 4 is 38.9 Å². The number of benzene rings is 2. The average molecular weight is 385 g/mol. The lowest BCUT2D eigenvalue weighted by molar-refractivity contribution is -0.114. The van der Waals surface area contributed by atoms with Crippen molar-refractivity contribution in [1.82, 2.24) is 0 Å². The molecule has 25 heavy (non-hydrogen) atoms. The Labute approximate surface area is 151 Å². The van der Waals surface area contributed by atoms with Gasteiger partial charge in [0.2, 0.25) is 15.9 Å². The number of carbonyl (C=O) groups excluding carboxylic acids is 1.